The third-order valence-corrected chi connectivity index (χ3v) is 4.57. The standard InChI is InChI=1S/C13H14N2O2S/c1-17-13(16)9-4-5-15-10(7-9)8-14-12(15)11-3-2-6-18-11/h4-5,7-8,11H,2-3,6H2,1H3. The van der Waals surface area contributed by atoms with Crippen LogP contribution in [0.25, 0.3) is 5.52 Å². The minimum Gasteiger partial charge on any atom is -0.465 e. The number of ether oxygens (including phenoxy) is 1. The normalized spacial score (nSPS) is 19.3. The zero-order valence-electron chi connectivity index (χ0n) is 10.1. The molecule has 2 aromatic heterocycles. The first-order chi connectivity index (χ1) is 8.79. The van der Waals surface area contributed by atoms with E-state index in [-0.39, 0.29) is 5.97 Å². The lowest BCUT2D eigenvalue weighted by atomic mass is 10.2. The van der Waals surface area contributed by atoms with Crippen LogP contribution >= 0.6 is 11.8 Å². The summed E-state index contributed by atoms with van der Waals surface area (Å²) in [6.07, 6.45) is 6.16. The van der Waals surface area contributed by atoms with E-state index >= 15 is 0 Å². The summed E-state index contributed by atoms with van der Waals surface area (Å²) >= 11 is 1.95. The molecule has 18 heavy (non-hydrogen) atoms. The minimum absolute atomic E-state index is 0.310. The number of pyridine rings is 1. The lowest BCUT2D eigenvalue weighted by molar-refractivity contribution is 0.0600. The SMILES string of the molecule is COC(=O)c1ccn2c(C3CCCS3)ncc2c1. The molecule has 0 aromatic carbocycles. The van der Waals surface area contributed by atoms with Crippen molar-refractivity contribution >= 4 is 23.2 Å². The van der Waals surface area contributed by atoms with Crippen molar-refractivity contribution in [2.75, 3.05) is 12.9 Å². The van der Waals surface area contributed by atoms with Crippen molar-refractivity contribution in [1.29, 1.82) is 0 Å². The van der Waals surface area contributed by atoms with Crippen LogP contribution in [0, 0.1) is 0 Å². The number of fused-ring (bicyclic) bond motifs is 1. The zero-order chi connectivity index (χ0) is 12.5. The average Bonchev–Trinajstić information content (AvgIpc) is 3.05. The Bertz CT molecular complexity index is 588. The Balaban J connectivity index is 2.02. The number of methoxy groups -OCH3 is 1. The molecule has 0 aliphatic carbocycles. The monoisotopic (exact) mass is 262 g/mol. The Kier molecular flexibility index (Phi) is 2.99. The van der Waals surface area contributed by atoms with Crippen molar-refractivity contribution < 1.29 is 9.53 Å². The highest BCUT2D eigenvalue weighted by Crippen LogP contribution is 2.39. The fourth-order valence-corrected chi connectivity index (χ4v) is 3.56. The van der Waals surface area contributed by atoms with Crippen LogP contribution in [0.5, 0.6) is 0 Å². The van der Waals surface area contributed by atoms with Crippen LogP contribution in [-0.4, -0.2) is 28.2 Å². The molecule has 0 N–H and O–H groups in total. The van der Waals surface area contributed by atoms with Gasteiger partial charge < -0.3 is 9.14 Å². The molecule has 3 rings (SSSR count). The number of thioether (sulfide) groups is 1. The third kappa shape index (κ3) is 1.88. The van der Waals surface area contributed by atoms with Crippen LogP contribution in [-0.2, 0) is 4.74 Å². The van der Waals surface area contributed by atoms with Crippen LogP contribution < -0.4 is 0 Å². The highest BCUT2D eigenvalue weighted by Gasteiger charge is 2.22. The van der Waals surface area contributed by atoms with Gasteiger partial charge in [-0.1, -0.05) is 0 Å². The van der Waals surface area contributed by atoms with Gasteiger partial charge in [0, 0.05) is 6.20 Å². The van der Waals surface area contributed by atoms with Gasteiger partial charge in [0.25, 0.3) is 0 Å². The van der Waals surface area contributed by atoms with E-state index in [4.69, 9.17) is 4.74 Å². The van der Waals surface area contributed by atoms with Gasteiger partial charge in [-0.25, -0.2) is 9.78 Å². The highest BCUT2D eigenvalue weighted by atomic mass is 32.2. The molecule has 1 saturated heterocycles. The second-order valence-corrected chi connectivity index (χ2v) is 5.63. The van der Waals surface area contributed by atoms with Crippen molar-refractivity contribution in [2.45, 2.75) is 18.1 Å². The maximum absolute atomic E-state index is 11.5. The number of esters is 1. The molecule has 4 nitrogen and oxygen atoms in total. The number of nitrogens with zero attached hydrogens (tertiary/aromatic N) is 2. The predicted molar refractivity (Wildman–Crippen MR) is 71.0 cm³/mol. The molecule has 5 heteroatoms. The number of aromatic nitrogens is 2. The first-order valence-electron chi connectivity index (χ1n) is 5.96. The van der Waals surface area contributed by atoms with Gasteiger partial charge in [0.05, 0.1) is 29.6 Å². The van der Waals surface area contributed by atoms with Crippen molar-refractivity contribution in [1.82, 2.24) is 9.38 Å². The molecule has 1 aliphatic rings. The smallest absolute Gasteiger partial charge is 0.337 e. The average molecular weight is 262 g/mol. The van der Waals surface area contributed by atoms with E-state index in [0.29, 0.717) is 10.8 Å². The quantitative estimate of drug-likeness (QED) is 0.780. The molecule has 1 fully saturated rings. The van der Waals surface area contributed by atoms with Gasteiger partial charge in [0.15, 0.2) is 0 Å². The first kappa shape index (κ1) is 11.6. The van der Waals surface area contributed by atoms with Crippen molar-refractivity contribution in [3.63, 3.8) is 0 Å². The van der Waals surface area contributed by atoms with E-state index in [1.165, 1.54) is 25.7 Å². The summed E-state index contributed by atoms with van der Waals surface area (Å²) in [5.74, 6) is 1.99. The van der Waals surface area contributed by atoms with Gasteiger partial charge in [-0.05, 0) is 30.7 Å². The summed E-state index contributed by atoms with van der Waals surface area (Å²) in [5, 5.41) is 0.483. The van der Waals surface area contributed by atoms with E-state index in [0.717, 1.165) is 11.3 Å². The maximum atomic E-state index is 11.5. The summed E-state index contributed by atoms with van der Waals surface area (Å²) in [7, 11) is 1.39. The van der Waals surface area contributed by atoms with Crippen molar-refractivity contribution in [3.05, 3.63) is 35.9 Å². The number of hydrogen-bond donors (Lipinski definition) is 0. The summed E-state index contributed by atoms with van der Waals surface area (Å²) in [4.78, 5) is 16.0. The summed E-state index contributed by atoms with van der Waals surface area (Å²) in [5.41, 5.74) is 1.51. The Labute approximate surface area is 109 Å². The van der Waals surface area contributed by atoms with Crippen molar-refractivity contribution in [2.24, 2.45) is 0 Å². The fraction of sp³-hybridized carbons (Fsp3) is 0.385. The first-order valence-corrected chi connectivity index (χ1v) is 7.01. The third-order valence-electron chi connectivity index (χ3n) is 3.20. The van der Waals surface area contributed by atoms with E-state index in [1.54, 1.807) is 6.07 Å². The Morgan fingerprint density at radius 2 is 2.50 bits per heavy atom. The molecule has 2 aromatic rings. The summed E-state index contributed by atoms with van der Waals surface area (Å²) < 4.78 is 6.78. The number of rotatable bonds is 2. The van der Waals surface area contributed by atoms with Crippen LogP contribution in [0.4, 0.5) is 0 Å². The summed E-state index contributed by atoms with van der Waals surface area (Å²) in [6, 6.07) is 3.60. The molecule has 0 amide bonds. The molecule has 0 spiro atoms. The van der Waals surface area contributed by atoms with Crippen LogP contribution in [0.3, 0.4) is 0 Å². The van der Waals surface area contributed by atoms with Gasteiger partial charge >= 0.3 is 5.97 Å². The maximum Gasteiger partial charge on any atom is 0.337 e. The van der Waals surface area contributed by atoms with Gasteiger partial charge in [-0.2, -0.15) is 11.8 Å². The van der Waals surface area contributed by atoms with E-state index in [1.807, 2.05) is 30.2 Å². The number of hydrogen-bond acceptors (Lipinski definition) is 4. The van der Waals surface area contributed by atoms with Crippen LogP contribution in [0.1, 0.15) is 34.3 Å². The molecule has 0 saturated carbocycles. The van der Waals surface area contributed by atoms with Crippen LogP contribution in [0.15, 0.2) is 24.5 Å². The molecular weight excluding hydrogens is 248 g/mol. The minimum atomic E-state index is -0.310. The number of imidazole rings is 1. The van der Waals surface area contributed by atoms with Gasteiger partial charge in [0.1, 0.15) is 5.82 Å². The molecule has 3 heterocycles. The predicted octanol–water partition coefficient (Wildman–Crippen LogP) is 2.69. The van der Waals surface area contributed by atoms with E-state index < -0.39 is 0 Å². The Morgan fingerprint density at radius 3 is 3.22 bits per heavy atom. The highest BCUT2D eigenvalue weighted by molar-refractivity contribution is 7.99. The molecule has 94 valence electrons. The van der Waals surface area contributed by atoms with E-state index in [2.05, 4.69) is 9.38 Å². The van der Waals surface area contributed by atoms with Crippen LogP contribution in [0.2, 0.25) is 0 Å². The zero-order valence-corrected chi connectivity index (χ0v) is 10.9. The van der Waals surface area contributed by atoms with Crippen molar-refractivity contribution in [3.8, 4) is 0 Å². The molecule has 1 unspecified atom stereocenters. The lowest BCUT2D eigenvalue weighted by Gasteiger charge is -2.07. The molecule has 0 radical (unpaired) electrons. The molecule has 0 bridgehead atoms. The van der Waals surface area contributed by atoms with Gasteiger partial charge in [-0.15, -0.1) is 0 Å². The largest absolute Gasteiger partial charge is 0.465 e. The topological polar surface area (TPSA) is 43.6 Å². The second-order valence-electron chi connectivity index (χ2n) is 4.32. The molecule has 1 atom stereocenters. The van der Waals surface area contributed by atoms with Gasteiger partial charge in [-0.3, -0.25) is 0 Å². The number of carbonyl (C=O) groups is 1. The number of carbonyl (C=O) groups excluding carboxylic acids is 1. The fourth-order valence-electron chi connectivity index (χ4n) is 2.28. The lowest BCUT2D eigenvalue weighted by Crippen LogP contribution is -2.03. The molecular formula is C13H14N2O2S. The molecule has 1 aliphatic heterocycles. The summed E-state index contributed by atoms with van der Waals surface area (Å²) in [6.45, 7) is 0. The second kappa shape index (κ2) is 4.65. The Morgan fingerprint density at radius 1 is 1.61 bits per heavy atom. The van der Waals surface area contributed by atoms with Gasteiger partial charge in [0.2, 0.25) is 0 Å². The Hall–Kier alpha value is -1.49. The van der Waals surface area contributed by atoms with E-state index in [9.17, 15) is 4.79 Å².